The van der Waals surface area contributed by atoms with E-state index in [-0.39, 0.29) is 5.92 Å². The molecular weight excluding hydrogens is 212 g/mol. The lowest BCUT2D eigenvalue weighted by Crippen LogP contribution is -1.92. The molecule has 0 spiro atoms. The van der Waals surface area contributed by atoms with Gasteiger partial charge in [-0.2, -0.15) is 4.98 Å². The van der Waals surface area contributed by atoms with Crippen molar-refractivity contribution in [2.45, 2.75) is 26.2 Å². The van der Waals surface area contributed by atoms with Crippen LogP contribution in [-0.2, 0) is 6.42 Å². The van der Waals surface area contributed by atoms with Crippen LogP contribution in [0.1, 0.15) is 37.2 Å². The molecule has 2 heterocycles. The lowest BCUT2D eigenvalue weighted by molar-refractivity contribution is 0.377. The van der Waals surface area contributed by atoms with E-state index in [1.165, 1.54) is 11.3 Å². The van der Waals surface area contributed by atoms with Crippen molar-refractivity contribution in [1.29, 1.82) is 0 Å². The van der Waals surface area contributed by atoms with E-state index in [4.69, 9.17) is 10.3 Å². The zero-order valence-electron chi connectivity index (χ0n) is 8.60. The minimum atomic E-state index is 0.281. The third kappa shape index (κ3) is 2.33. The highest BCUT2D eigenvalue weighted by Crippen LogP contribution is 2.15. The van der Waals surface area contributed by atoms with E-state index >= 15 is 0 Å². The second-order valence-corrected chi connectivity index (χ2v) is 4.44. The molecule has 2 aromatic heterocycles. The van der Waals surface area contributed by atoms with Crippen molar-refractivity contribution < 1.29 is 4.52 Å². The van der Waals surface area contributed by atoms with E-state index in [2.05, 4.69) is 15.1 Å². The smallest absolute Gasteiger partial charge is 0.232 e. The van der Waals surface area contributed by atoms with E-state index < -0.39 is 0 Å². The van der Waals surface area contributed by atoms with Crippen molar-refractivity contribution >= 4 is 16.5 Å². The van der Waals surface area contributed by atoms with Crippen LogP contribution in [0.4, 0.5) is 5.13 Å². The highest BCUT2D eigenvalue weighted by Gasteiger charge is 2.11. The van der Waals surface area contributed by atoms with E-state index in [1.807, 2.05) is 19.2 Å². The van der Waals surface area contributed by atoms with Gasteiger partial charge in [0.25, 0.3) is 0 Å². The van der Waals surface area contributed by atoms with Crippen LogP contribution in [0.25, 0.3) is 0 Å². The first-order valence-electron chi connectivity index (χ1n) is 4.67. The van der Waals surface area contributed by atoms with Gasteiger partial charge in [-0.3, -0.25) is 0 Å². The third-order valence-corrected chi connectivity index (χ3v) is 2.62. The molecule has 6 heteroatoms. The lowest BCUT2D eigenvalue weighted by Gasteiger charge is -1.92. The van der Waals surface area contributed by atoms with Gasteiger partial charge in [0.2, 0.25) is 5.89 Å². The Bertz CT molecular complexity index is 448. The van der Waals surface area contributed by atoms with Crippen LogP contribution in [0.3, 0.4) is 0 Å². The molecule has 0 aromatic carbocycles. The Kier molecular flexibility index (Phi) is 2.68. The first-order chi connectivity index (χ1) is 7.15. The van der Waals surface area contributed by atoms with Gasteiger partial charge in [0.05, 0.1) is 12.1 Å². The summed E-state index contributed by atoms with van der Waals surface area (Å²) < 4.78 is 5.10. The average molecular weight is 224 g/mol. The summed E-state index contributed by atoms with van der Waals surface area (Å²) in [6, 6.07) is 0. The van der Waals surface area contributed by atoms with Gasteiger partial charge in [-0.15, -0.1) is 11.3 Å². The molecule has 0 fully saturated rings. The van der Waals surface area contributed by atoms with Crippen LogP contribution in [0.15, 0.2) is 9.90 Å². The fourth-order valence-electron chi connectivity index (χ4n) is 1.13. The second kappa shape index (κ2) is 3.98. The van der Waals surface area contributed by atoms with Crippen molar-refractivity contribution in [3.05, 3.63) is 22.8 Å². The standard InChI is InChI=1S/C9H12N4OS/c1-5(2)8-12-7(14-13-8)3-6-4-15-9(10)11-6/h4-5H,3H2,1-2H3,(H2,10,11). The van der Waals surface area contributed by atoms with E-state index in [1.54, 1.807) is 0 Å². The van der Waals surface area contributed by atoms with Gasteiger partial charge in [0, 0.05) is 11.3 Å². The molecule has 0 unspecified atom stereocenters. The number of hydrogen-bond acceptors (Lipinski definition) is 6. The molecule has 2 N–H and O–H groups in total. The van der Waals surface area contributed by atoms with E-state index in [9.17, 15) is 0 Å². The molecule has 2 rings (SSSR count). The maximum atomic E-state index is 5.53. The third-order valence-electron chi connectivity index (χ3n) is 1.90. The Labute approximate surface area is 91.3 Å². The first-order valence-corrected chi connectivity index (χ1v) is 5.55. The van der Waals surface area contributed by atoms with Crippen LogP contribution in [0.5, 0.6) is 0 Å². The number of anilines is 1. The van der Waals surface area contributed by atoms with Gasteiger partial charge in [-0.25, -0.2) is 4.98 Å². The SMILES string of the molecule is CC(C)c1noc(Cc2csc(N)n2)n1. The predicted octanol–water partition coefficient (Wildman–Crippen LogP) is 1.82. The summed E-state index contributed by atoms with van der Waals surface area (Å²) in [6.07, 6.45) is 0.549. The molecule has 0 saturated carbocycles. The molecule has 0 radical (unpaired) electrons. The van der Waals surface area contributed by atoms with Gasteiger partial charge in [0.1, 0.15) is 0 Å². The average Bonchev–Trinajstić information content (AvgIpc) is 2.76. The Balaban J connectivity index is 2.11. The van der Waals surface area contributed by atoms with Gasteiger partial charge < -0.3 is 10.3 Å². The molecule has 15 heavy (non-hydrogen) atoms. The topological polar surface area (TPSA) is 77.8 Å². The van der Waals surface area contributed by atoms with Gasteiger partial charge >= 0.3 is 0 Å². The highest BCUT2D eigenvalue weighted by atomic mass is 32.1. The summed E-state index contributed by atoms with van der Waals surface area (Å²) in [7, 11) is 0. The van der Waals surface area contributed by atoms with Gasteiger partial charge in [-0.05, 0) is 0 Å². The number of hydrogen-bond donors (Lipinski definition) is 1. The zero-order chi connectivity index (χ0) is 10.8. The van der Waals surface area contributed by atoms with E-state index in [0.29, 0.717) is 17.4 Å². The van der Waals surface area contributed by atoms with Crippen molar-refractivity contribution in [2.75, 3.05) is 5.73 Å². The van der Waals surface area contributed by atoms with Crippen LogP contribution in [0, 0.1) is 0 Å². The molecule has 0 aliphatic heterocycles. The summed E-state index contributed by atoms with van der Waals surface area (Å²) in [6.45, 7) is 4.05. The molecule has 80 valence electrons. The van der Waals surface area contributed by atoms with Crippen LogP contribution < -0.4 is 5.73 Å². The minimum Gasteiger partial charge on any atom is -0.375 e. The normalized spacial score (nSPS) is 11.1. The summed E-state index contributed by atoms with van der Waals surface area (Å²) in [5.41, 5.74) is 6.40. The number of aromatic nitrogens is 3. The maximum absolute atomic E-state index is 5.53. The number of rotatable bonds is 3. The number of nitrogens with two attached hydrogens (primary N) is 1. The molecule has 0 saturated heterocycles. The number of nitrogen functional groups attached to an aromatic ring is 1. The van der Waals surface area contributed by atoms with E-state index in [0.717, 1.165) is 11.5 Å². The molecule has 0 bridgehead atoms. The summed E-state index contributed by atoms with van der Waals surface area (Å²) in [5.74, 6) is 1.60. The summed E-state index contributed by atoms with van der Waals surface area (Å²) >= 11 is 1.41. The first kappa shape index (κ1) is 10.1. The quantitative estimate of drug-likeness (QED) is 0.860. The summed E-state index contributed by atoms with van der Waals surface area (Å²) in [5, 5.41) is 6.34. The molecule has 5 nitrogen and oxygen atoms in total. The van der Waals surface area contributed by atoms with Gasteiger partial charge in [0.15, 0.2) is 11.0 Å². The van der Waals surface area contributed by atoms with Crippen molar-refractivity contribution in [3.8, 4) is 0 Å². The van der Waals surface area contributed by atoms with Crippen molar-refractivity contribution in [2.24, 2.45) is 0 Å². The fourth-order valence-corrected chi connectivity index (χ4v) is 1.70. The van der Waals surface area contributed by atoms with Gasteiger partial charge in [-0.1, -0.05) is 19.0 Å². The van der Waals surface area contributed by atoms with Crippen LogP contribution >= 0.6 is 11.3 Å². The van der Waals surface area contributed by atoms with Crippen LogP contribution in [0.2, 0.25) is 0 Å². The monoisotopic (exact) mass is 224 g/mol. The van der Waals surface area contributed by atoms with Crippen molar-refractivity contribution in [3.63, 3.8) is 0 Å². The molecular formula is C9H12N4OS. The largest absolute Gasteiger partial charge is 0.375 e. The Morgan fingerprint density at radius 3 is 2.80 bits per heavy atom. The number of nitrogens with zero attached hydrogens (tertiary/aromatic N) is 3. The molecule has 0 aliphatic rings. The second-order valence-electron chi connectivity index (χ2n) is 3.55. The number of thiazole rings is 1. The van der Waals surface area contributed by atoms with Crippen molar-refractivity contribution in [1.82, 2.24) is 15.1 Å². The predicted molar refractivity (Wildman–Crippen MR) is 57.7 cm³/mol. The minimum absolute atomic E-state index is 0.281. The van der Waals surface area contributed by atoms with Crippen LogP contribution in [-0.4, -0.2) is 15.1 Å². The molecule has 0 atom stereocenters. The summed E-state index contributed by atoms with van der Waals surface area (Å²) in [4.78, 5) is 8.39. The maximum Gasteiger partial charge on any atom is 0.232 e. The Morgan fingerprint density at radius 1 is 1.47 bits per heavy atom. The molecule has 2 aromatic rings. The Hall–Kier alpha value is -1.43. The Morgan fingerprint density at radius 2 is 2.27 bits per heavy atom. The molecule has 0 amide bonds. The fraction of sp³-hybridized carbons (Fsp3) is 0.444. The lowest BCUT2D eigenvalue weighted by atomic mass is 10.2. The molecule has 0 aliphatic carbocycles. The zero-order valence-corrected chi connectivity index (χ0v) is 9.41. The highest BCUT2D eigenvalue weighted by molar-refractivity contribution is 7.13.